The van der Waals surface area contributed by atoms with Gasteiger partial charge in [0.1, 0.15) is 33.3 Å². The fourth-order valence-electron chi connectivity index (χ4n) is 5.27. The number of carbonyl (C=O) groups is 2. The van der Waals surface area contributed by atoms with Crippen LogP contribution in [0.15, 0.2) is 59.0 Å². The number of aryl methyl sites for hydroxylation is 2. The minimum atomic E-state index is -0.835. The third-order valence-corrected chi connectivity index (χ3v) is 9.93. The number of nitrogens with one attached hydrogen (secondary N) is 2. The van der Waals surface area contributed by atoms with Crippen molar-refractivity contribution in [3.63, 3.8) is 0 Å². The highest BCUT2D eigenvalue weighted by atomic mass is 32.1. The van der Waals surface area contributed by atoms with E-state index in [4.69, 9.17) is 5.11 Å². The van der Waals surface area contributed by atoms with Crippen LogP contribution in [0.3, 0.4) is 0 Å². The lowest BCUT2D eigenvalue weighted by molar-refractivity contribution is -0.137. The molecule has 0 spiro atoms. The van der Waals surface area contributed by atoms with Crippen molar-refractivity contribution in [1.29, 1.82) is 0 Å². The highest BCUT2D eigenvalue weighted by Crippen LogP contribution is 2.30. The van der Waals surface area contributed by atoms with Crippen molar-refractivity contribution in [2.75, 3.05) is 24.7 Å². The molecule has 0 saturated heterocycles. The van der Waals surface area contributed by atoms with Crippen molar-refractivity contribution < 1.29 is 14.7 Å². The zero-order valence-electron chi connectivity index (χ0n) is 27.1. The summed E-state index contributed by atoms with van der Waals surface area (Å²) in [6, 6.07) is 12.2. The van der Waals surface area contributed by atoms with Gasteiger partial charge >= 0.3 is 5.97 Å². The molecule has 2 aromatic carbocycles. The number of carboxylic acid groups (broad SMARTS) is 1. The average Bonchev–Trinajstić information content (AvgIpc) is 3.92. The van der Waals surface area contributed by atoms with Gasteiger partial charge < -0.3 is 20.6 Å². The van der Waals surface area contributed by atoms with Gasteiger partial charge in [-0.25, -0.2) is 29.9 Å². The van der Waals surface area contributed by atoms with Gasteiger partial charge in [-0.1, -0.05) is 34.8 Å². The number of aromatic nitrogens is 6. The Bertz CT molecular complexity index is 2300. The Kier molecular flexibility index (Phi) is 9.44. The van der Waals surface area contributed by atoms with Crippen molar-refractivity contribution in [3.8, 4) is 0 Å². The number of nitrogens with zero attached hydrogens (tertiary/aromatic N) is 9. The molecular weight excluding hydrogens is 675 g/mol. The summed E-state index contributed by atoms with van der Waals surface area (Å²) in [5.74, 6) is 0.547. The summed E-state index contributed by atoms with van der Waals surface area (Å²) in [5, 5.41) is 17.0. The Labute approximate surface area is 294 Å². The van der Waals surface area contributed by atoms with Crippen molar-refractivity contribution in [2.45, 2.75) is 38.8 Å². The Morgan fingerprint density at radius 1 is 0.740 bits per heavy atom. The second kappa shape index (κ2) is 14.4. The molecule has 4 aromatic heterocycles. The Hall–Kier alpha value is -5.74. The number of carbonyl (C=O) groups excluding carboxylic acids is 1. The van der Waals surface area contributed by atoms with Gasteiger partial charge in [0.2, 0.25) is 5.91 Å². The van der Waals surface area contributed by atoms with Crippen LogP contribution >= 0.6 is 22.7 Å². The first-order valence-corrected chi connectivity index (χ1v) is 17.3. The van der Waals surface area contributed by atoms with E-state index in [1.54, 1.807) is 19.0 Å². The number of thiazole rings is 2. The van der Waals surface area contributed by atoms with E-state index in [1.165, 1.54) is 46.5 Å². The number of fused-ring (bicyclic) bond motifs is 4. The van der Waals surface area contributed by atoms with Crippen LogP contribution in [0, 0.1) is 0 Å². The van der Waals surface area contributed by atoms with Crippen LogP contribution in [-0.4, -0.2) is 78.3 Å². The Morgan fingerprint density at radius 2 is 1.24 bits per heavy atom. The van der Waals surface area contributed by atoms with Gasteiger partial charge in [-0.2, -0.15) is 0 Å². The topological polar surface area (TPSA) is 184 Å². The molecule has 16 heteroatoms. The quantitative estimate of drug-likeness (QED) is 0.162. The lowest BCUT2D eigenvalue weighted by Gasteiger charge is -2.08. The van der Waals surface area contributed by atoms with Crippen LogP contribution in [0.4, 0.5) is 23.0 Å². The molecule has 6 heterocycles. The highest BCUT2D eigenvalue weighted by Gasteiger charge is 2.15. The monoisotopic (exact) mass is 705 g/mol. The summed E-state index contributed by atoms with van der Waals surface area (Å²) in [6.07, 6.45) is 8.26. The molecule has 0 radical (unpaired) electrons. The molecule has 0 saturated carbocycles. The third kappa shape index (κ3) is 7.45. The molecule has 0 unspecified atom stereocenters. The van der Waals surface area contributed by atoms with Crippen LogP contribution in [0.2, 0.25) is 0 Å². The summed E-state index contributed by atoms with van der Waals surface area (Å²) >= 11 is 2.90. The van der Waals surface area contributed by atoms with Crippen LogP contribution < -0.4 is 10.6 Å². The standard InChI is InChI=1S/C18H18N6OS.C16H13N5O2S/c1-24(2)15(25)6-5-14-23-16-17(20-10-21-18(16)26-14)22-13-4-3-11-8-19-9-12(11)7-13;22-13(23)4-3-12-21-14-15(18-8-19-16(14)24-12)20-11-2-1-9-6-17-7-10(9)5-11/h3-4,7,9-10H,5-6,8H2,1-2H3,(H,20,21,22);1-2,5,7-8H,3-4,6H2,(H,22,23)(H,18,19,20). The minimum Gasteiger partial charge on any atom is -0.481 e. The van der Waals surface area contributed by atoms with E-state index in [0.717, 1.165) is 60.8 Å². The molecule has 0 fully saturated rings. The predicted molar refractivity (Wildman–Crippen MR) is 195 cm³/mol. The Morgan fingerprint density at radius 3 is 1.72 bits per heavy atom. The van der Waals surface area contributed by atoms with Crippen LogP contribution in [0.5, 0.6) is 0 Å². The zero-order chi connectivity index (χ0) is 34.6. The number of aliphatic imine (C=N–C) groups is 2. The predicted octanol–water partition coefficient (Wildman–Crippen LogP) is 5.56. The summed E-state index contributed by atoms with van der Waals surface area (Å²) in [4.78, 5) is 60.5. The van der Waals surface area contributed by atoms with E-state index >= 15 is 0 Å². The number of aliphatic carboxylic acids is 1. The number of carboxylic acids is 1. The molecule has 50 heavy (non-hydrogen) atoms. The van der Waals surface area contributed by atoms with Gasteiger partial charge in [0.25, 0.3) is 0 Å². The van der Waals surface area contributed by atoms with Gasteiger partial charge in [-0.3, -0.25) is 19.6 Å². The number of amides is 1. The van der Waals surface area contributed by atoms with Crippen molar-refractivity contribution >= 4 is 90.7 Å². The Balaban J connectivity index is 0.000000157. The fourth-order valence-corrected chi connectivity index (χ4v) is 7.08. The molecule has 0 bridgehead atoms. The average molecular weight is 706 g/mol. The molecule has 6 aromatic rings. The first-order chi connectivity index (χ1) is 24.3. The molecule has 2 aliphatic heterocycles. The lowest BCUT2D eigenvalue weighted by atomic mass is 10.1. The molecule has 8 rings (SSSR count). The molecule has 0 atom stereocenters. The molecule has 14 nitrogen and oxygen atoms in total. The maximum Gasteiger partial charge on any atom is 0.303 e. The van der Waals surface area contributed by atoms with Gasteiger partial charge in [-0.15, -0.1) is 0 Å². The number of anilines is 4. The van der Waals surface area contributed by atoms with E-state index in [0.29, 0.717) is 36.4 Å². The van der Waals surface area contributed by atoms with Crippen LogP contribution in [0.25, 0.3) is 20.7 Å². The molecule has 0 aliphatic carbocycles. The first-order valence-electron chi connectivity index (χ1n) is 15.7. The van der Waals surface area contributed by atoms with Gasteiger partial charge in [0, 0.05) is 57.2 Å². The summed E-state index contributed by atoms with van der Waals surface area (Å²) in [6.45, 7) is 1.47. The molecule has 2 aliphatic rings. The maximum absolute atomic E-state index is 11.8. The van der Waals surface area contributed by atoms with Crippen LogP contribution in [0.1, 0.15) is 45.1 Å². The largest absolute Gasteiger partial charge is 0.481 e. The normalized spacial score (nSPS) is 12.4. The molecule has 3 N–H and O–H groups in total. The first kappa shape index (κ1) is 32.8. The lowest BCUT2D eigenvalue weighted by Crippen LogP contribution is -2.21. The maximum atomic E-state index is 11.8. The molecule has 252 valence electrons. The summed E-state index contributed by atoms with van der Waals surface area (Å²) in [7, 11) is 3.52. The SMILES string of the molecule is CN(C)C(=O)CCc1nc2c(Nc3ccc4c(c3)C=NC4)ncnc2s1.O=C(O)CCc1nc2c(Nc3ccc4c(c3)C=NC4)ncnc2s1. The minimum absolute atomic E-state index is 0.0557. The summed E-state index contributed by atoms with van der Waals surface area (Å²) in [5.41, 5.74) is 7.91. The van der Waals surface area contributed by atoms with E-state index in [9.17, 15) is 9.59 Å². The fraction of sp³-hybridized carbons (Fsp3) is 0.235. The smallest absolute Gasteiger partial charge is 0.303 e. The highest BCUT2D eigenvalue weighted by molar-refractivity contribution is 7.18. The van der Waals surface area contributed by atoms with Gasteiger partial charge in [-0.05, 0) is 46.5 Å². The second-order valence-electron chi connectivity index (χ2n) is 11.7. The summed E-state index contributed by atoms with van der Waals surface area (Å²) < 4.78 is 0. The second-order valence-corrected chi connectivity index (χ2v) is 13.8. The zero-order valence-corrected chi connectivity index (χ0v) is 28.8. The van der Waals surface area contributed by atoms with Gasteiger partial charge in [0.15, 0.2) is 11.6 Å². The number of hydrogen-bond donors (Lipinski definition) is 3. The number of benzene rings is 2. The van der Waals surface area contributed by atoms with Crippen molar-refractivity contribution in [1.82, 2.24) is 34.8 Å². The van der Waals surface area contributed by atoms with Gasteiger partial charge in [0.05, 0.1) is 29.5 Å². The van der Waals surface area contributed by atoms with E-state index in [-0.39, 0.29) is 12.3 Å². The van der Waals surface area contributed by atoms with E-state index in [2.05, 4.69) is 62.7 Å². The number of rotatable bonds is 10. The third-order valence-electron chi connectivity index (χ3n) is 7.88. The van der Waals surface area contributed by atoms with E-state index < -0.39 is 5.97 Å². The van der Waals surface area contributed by atoms with Crippen molar-refractivity contribution in [2.24, 2.45) is 9.98 Å². The van der Waals surface area contributed by atoms with Crippen molar-refractivity contribution in [3.05, 3.63) is 81.3 Å². The molecular formula is C34H31N11O3S2. The number of hydrogen-bond acceptors (Lipinski definition) is 14. The van der Waals surface area contributed by atoms with E-state index in [1.807, 2.05) is 36.7 Å². The van der Waals surface area contributed by atoms with Crippen LogP contribution in [-0.2, 0) is 35.5 Å². The molecule has 1 amide bonds.